The third kappa shape index (κ3) is 3.75. The van der Waals surface area contributed by atoms with Gasteiger partial charge >= 0.3 is 5.97 Å². The van der Waals surface area contributed by atoms with Crippen LogP contribution in [0.3, 0.4) is 0 Å². The number of ether oxygens (including phenoxy) is 1. The fourth-order valence-electron chi connectivity index (χ4n) is 4.00. The van der Waals surface area contributed by atoms with E-state index in [0.29, 0.717) is 17.2 Å². The lowest BCUT2D eigenvalue weighted by Crippen LogP contribution is -2.30. The van der Waals surface area contributed by atoms with Gasteiger partial charge in [-0.25, -0.2) is 4.79 Å². The van der Waals surface area contributed by atoms with E-state index in [9.17, 15) is 9.59 Å². The molecule has 1 N–H and O–H groups in total. The number of fused-ring (bicyclic) bond motifs is 2. The topological polar surface area (TPSA) is 58.6 Å². The van der Waals surface area contributed by atoms with Crippen molar-refractivity contribution in [1.82, 2.24) is 4.90 Å². The molecule has 1 aliphatic heterocycles. The van der Waals surface area contributed by atoms with Crippen LogP contribution in [-0.2, 0) is 30.5 Å². The van der Waals surface area contributed by atoms with Crippen molar-refractivity contribution in [3.8, 4) is 0 Å². The molecule has 0 atom stereocenters. The van der Waals surface area contributed by atoms with E-state index in [1.807, 2.05) is 13.0 Å². The molecule has 150 valence electrons. The van der Waals surface area contributed by atoms with Crippen molar-refractivity contribution in [2.24, 2.45) is 0 Å². The van der Waals surface area contributed by atoms with Gasteiger partial charge in [0.1, 0.15) is 5.00 Å². The Morgan fingerprint density at radius 2 is 1.96 bits per heavy atom. The first kappa shape index (κ1) is 19.6. The number of carbonyl (C=O) groups excluding carboxylic acids is 2. The predicted molar refractivity (Wildman–Crippen MR) is 114 cm³/mol. The molecule has 0 saturated carbocycles. The van der Waals surface area contributed by atoms with Crippen LogP contribution in [0.15, 0.2) is 6.07 Å². The Labute approximate surface area is 173 Å². The molecular weight excluding hydrogens is 392 g/mol. The fourth-order valence-corrected chi connectivity index (χ4v) is 6.42. The third-order valence-electron chi connectivity index (χ3n) is 5.51. The summed E-state index contributed by atoms with van der Waals surface area (Å²) < 4.78 is 5.31. The van der Waals surface area contributed by atoms with Crippen LogP contribution >= 0.6 is 22.7 Å². The number of nitrogens with one attached hydrogen (secondary N) is 1. The zero-order valence-electron chi connectivity index (χ0n) is 16.4. The van der Waals surface area contributed by atoms with Crippen LogP contribution in [0.4, 0.5) is 5.00 Å². The lowest BCUT2D eigenvalue weighted by molar-refractivity contribution is 0.0526. The van der Waals surface area contributed by atoms with Crippen LogP contribution < -0.4 is 5.32 Å². The maximum atomic E-state index is 12.9. The minimum absolute atomic E-state index is 0.115. The lowest BCUT2D eigenvalue weighted by atomic mass is 9.99. The molecule has 0 fully saturated rings. The molecule has 2 aliphatic rings. The summed E-state index contributed by atoms with van der Waals surface area (Å²) in [5.41, 5.74) is 2.93. The number of carbonyl (C=O) groups is 2. The molecule has 7 heteroatoms. The fraction of sp³-hybridized carbons (Fsp3) is 0.524. The average molecular weight is 419 g/mol. The second-order valence-corrected chi connectivity index (χ2v) is 9.51. The number of thiophene rings is 2. The highest BCUT2D eigenvalue weighted by Gasteiger charge is 2.29. The van der Waals surface area contributed by atoms with Gasteiger partial charge in [0.05, 0.1) is 17.0 Å². The van der Waals surface area contributed by atoms with Gasteiger partial charge in [-0.15, -0.1) is 22.7 Å². The number of hydrogen-bond acceptors (Lipinski definition) is 6. The van der Waals surface area contributed by atoms with Crippen molar-refractivity contribution in [2.45, 2.75) is 52.5 Å². The van der Waals surface area contributed by atoms with Gasteiger partial charge in [0.2, 0.25) is 0 Å². The van der Waals surface area contributed by atoms with Crippen molar-refractivity contribution in [3.63, 3.8) is 0 Å². The first-order chi connectivity index (χ1) is 13.6. The Bertz CT molecular complexity index is 876. The molecular formula is C21H26N2O3S2. The summed E-state index contributed by atoms with van der Waals surface area (Å²) >= 11 is 3.12. The predicted octanol–water partition coefficient (Wildman–Crippen LogP) is 4.50. The molecule has 1 amide bonds. The van der Waals surface area contributed by atoms with E-state index in [1.54, 1.807) is 11.3 Å². The number of rotatable bonds is 5. The Kier molecular flexibility index (Phi) is 5.85. The molecule has 2 aromatic heterocycles. The number of likely N-dealkylation sites (N-methyl/N-ethyl adjacent to an activating group) is 1. The van der Waals surface area contributed by atoms with Gasteiger partial charge in [-0.05, 0) is 62.8 Å². The van der Waals surface area contributed by atoms with Crippen LogP contribution in [0, 0.1) is 0 Å². The van der Waals surface area contributed by atoms with Gasteiger partial charge in [0.25, 0.3) is 5.91 Å². The molecule has 28 heavy (non-hydrogen) atoms. The quantitative estimate of drug-likeness (QED) is 0.727. The monoisotopic (exact) mass is 418 g/mol. The Morgan fingerprint density at radius 3 is 2.71 bits per heavy atom. The molecule has 0 aromatic carbocycles. The average Bonchev–Trinajstić information content (AvgIpc) is 3.28. The Balaban J connectivity index is 1.63. The van der Waals surface area contributed by atoms with E-state index in [2.05, 4.69) is 17.1 Å². The third-order valence-corrected chi connectivity index (χ3v) is 7.88. The summed E-state index contributed by atoms with van der Waals surface area (Å²) in [4.78, 5) is 31.2. The van der Waals surface area contributed by atoms with Crippen LogP contribution in [0.5, 0.6) is 0 Å². The summed E-state index contributed by atoms with van der Waals surface area (Å²) in [6.07, 6.45) is 5.35. The molecule has 0 saturated heterocycles. The minimum Gasteiger partial charge on any atom is -0.462 e. The van der Waals surface area contributed by atoms with Gasteiger partial charge in [-0.3, -0.25) is 9.69 Å². The van der Waals surface area contributed by atoms with E-state index < -0.39 is 0 Å². The van der Waals surface area contributed by atoms with Crippen molar-refractivity contribution in [2.75, 3.05) is 25.0 Å². The van der Waals surface area contributed by atoms with Crippen molar-refractivity contribution in [1.29, 1.82) is 0 Å². The standard InChI is InChI=1S/C21H26N2O3S2/c1-3-23-10-9-14-17(12-23)28-20(18(14)21(25)26-4-2)22-19(24)16-11-13-7-5-6-8-15(13)27-16/h11H,3-10,12H2,1-2H3,(H,22,24). The zero-order chi connectivity index (χ0) is 19.7. The van der Waals surface area contributed by atoms with E-state index in [1.165, 1.54) is 34.6 Å². The van der Waals surface area contributed by atoms with Gasteiger partial charge in [0, 0.05) is 22.8 Å². The lowest BCUT2D eigenvalue weighted by Gasteiger charge is -2.25. The molecule has 3 heterocycles. The van der Waals surface area contributed by atoms with E-state index >= 15 is 0 Å². The second kappa shape index (κ2) is 8.35. The van der Waals surface area contributed by atoms with Crippen molar-refractivity contribution in [3.05, 3.63) is 37.4 Å². The number of hydrogen-bond donors (Lipinski definition) is 1. The maximum Gasteiger partial charge on any atom is 0.341 e. The summed E-state index contributed by atoms with van der Waals surface area (Å²) in [5, 5.41) is 3.67. The molecule has 0 spiro atoms. The number of aryl methyl sites for hydroxylation is 2. The van der Waals surface area contributed by atoms with E-state index in [0.717, 1.165) is 54.2 Å². The summed E-state index contributed by atoms with van der Waals surface area (Å²) in [5.74, 6) is -0.443. The molecule has 0 unspecified atom stereocenters. The van der Waals surface area contributed by atoms with Gasteiger partial charge in [0.15, 0.2) is 0 Å². The van der Waals surface area contributed by atoms with Crippen LogP contribution in [0.1, 0.15) is 67.6 Å². The van der Waals surface area contributed by atoms with Gasteiger partial charge in [-0.2, -0.15) is 0 Å². The number of anilines is 1. The highest BCUT2D eigenvalue weighted by Crippen LogP contribution is 2.38. The van der Waals surface area contributed by atoms with Crippen molar-refractivity contribution >= 4 is 39.6 Å². The van der Waals surface area contributed by atoms with Crippen LogP contribution in [-0.4, -0.2) is 36.5 Å². The Hall–Kier alpha value is -1.70. The van der Waals surface area contributed by atoms with Gasteiger partial charge < -0.3 is 10.1 Å². The summed E-state index contributed by atoms with van der Waals surface area (Å²) in [6, 6.07) is 2.03. The highest BCUT2D eigenvalue weighted by molar-refractivity contribution is 7.17. The molecule has 4 rings (SSSR count). The van der Waals surface area contributed by atoms with E-state index in [4.69, 9.17) is 4.74 Å². The summed E-state index contributed by atoms with van der Waals surface area (Å²) in [7, 11) is 0. The Morgan fingerprint density at radius 1 is 1.14 bits per heavy atom. The molecule has 0 bridgehead atoms. The van der Waals surface area contributed by atoms with Crippen LogP contribution in [0.25, 0.3) is 0 Å². The van der Waals surface area contributed by atoms with E-state index in [-0.39, 0.29) is 11.9 Å². The second-order valence-electron chi connectivity index (χ2n) is 7.27. The normalized spacial score (nSPS) is 16.4. The van der Waals surface area contributed by atoms with Gasteiger partial charge in [-0.1, -0.05) is 6.92 Å². The number of amides is 1. The number of esters is 1. The first-order valence-electron chi connectivity index (χ1n) is 10.1. The number of nitrogens with zero attached hydrogens (tertiary/aromatic N) is 1. The largest absolute Gasteiger partial charge is 0.462 e. The van der Waals surface area contributed by atoms with Crippen LogP contribution in [0.2, 0.25) is 0 Å². The highest BCUT2D eigenvalue weighted by atomic mass is 32.1. The smallest absolute Gasteiger partial charge is 0.341 e. The minimum atomic E-state index is -0.328. The molecule has 5 nitrogen and oxygen atoms in total. The maximum absolute atomic E-state index is 12.9. The first-order valence-corrected chi connectivity index (χ1v) is 11.7. The molecule has 1 aliphatic carbocycles. The van der Waals surface area contributed by atoms with Crippen molar-refractivity contribution < 1.29 is 14.3 Å². The molecule has 2 aromatic rings. The molecule has 0 radical (unpaired) electrons. The SMILES string of the molecule is CCOC(=O)c1c(NC(=O)c2cc3c(s2)CCCC3)sc2c1CCN(CC)C2. The summed E-state index contributed by atoms with van der Waals surface area (Å²) in [6.45, 7) is 7.02. The zero-order valence-corrected chi connectivity index (χ0v) is 18.1.